The highest BCUT2D eigenvalue weighted by Gasteiger charge is 2.41. The maximum Gasteiger partial charge on any atom is 0.336 e. The molecule has 1 heterocycles. The molecule has 0 bridgehead atoms. The number of rotatable bonds is 4. The molecule has 5 nitrogen and oxygen atoms in total. The second kappa shape index (κ2) is 6.48. The molecule has 5 heteroatoms. The predicted octanol–water partition coefficient (Wildman–Crippen LogP) is 2.40. The number of carbonyl (C=O) groups is 1. The lowest BCUT2D eigenvalue weighted by molar-refractivity contribution is -0.142. The average molecular weight is 309 g/mol. The number of esters is 1. The highest BCUT2D eigenvalue weighted by Crippen LogP contribution is 2.39. The molecule has 2 aromatic rings. The molecule has 0 radical (unpaired) electrons. The lowest BCUT2D eigenvalue weighted by Crippen LogP contribution is -2.39. The molecule has 1 atom stereocenters. The molecule has 3 rings (SSSR count). The van der Waals surface area contributed by atoms with Crippen LogP contribution in [-0.2, 0) is 25.8 Å². The van der Waals surface area contributed by atoms with Crippen molar-refractivity contribution in [2.24, 2.45) is 0 Å². The van der Waals surface area contributed by atoms with Gasteiger partial charge in [-0.1, -0.05) is 48.5 Å². The monoisotopic (exact) mass is 309 g/mol. The molecular weight excluding hydrogens is 294 g/mol. The Bertz CT molecular complexity index is 766. The van der Waals surface area contributed by atoms with Gasteiger partial charge < -0.3 is 4.74 Å². The SMILES string of the molecule is COC(=O)C1C(=C=O)c2ccccc2N1OCc1ccccc1. The molecule has 23 heavy (non-hydrogen) atoms. The summed E-state index contributed by atoms with van der Waals surface area (Å²) in [5.41, 5.74) is 2.46. The van der Waals surface area contributed by atoms with Gasteiger partial charge in [-0.2, -0.15) is 0 Å². The van der Waals surface area contributed by atoms with E-state index in [9.17, 15) is 9.59 Å². The first kappa shape index (κ1) is 15.0. The standard InChI is InChI=1S/C18H15NO4/c1-22-18(21)17-15(11-20)14-9-5-6-10-16(14)19(17)23-12-13-7-3-2-4-8-13/h2-10,17H,12H2,1H3. The molecule has 1 aliphatic rings. The molecule has 1 aliphatic heterocycles. The first-order valence-electron chi connectivity index (χ1n) is 7.14. The van der Waals surface area contributed by atoms with Gasteiger partial charge in [0.2, 0.25) is 0 Å². The van der Waals surface area contributed by atoms with Gasteiger partial charge in [-0.05, 0) is 11.6 Å². The van der Waals surface area contributed by atoms with Crippen LogP contribution in [0.3, 0.4) is 0 Å². The highest BCUT2D eigenvalue weighted by atomic mass is 16.7. The first-order valence-corrected chi connectivity index (χ1v) is 7.14. The van der Waals surface area contributed by atoms with Crippen LogP contribution < -0.4 is 5.06 Å². The van der Waals surface area contributed by atoms with E-state index in [0.717, 1.165) is 5.56 Å². The van der Waals surface area contributed by atoms with Crippen molar-refractivity contribution in [2.75, 3.05) is 12.2 Å². The maximum absolute atomic E-state index is 12.1. The number of benzene rings is 2. The molecule has 0 spiro atoms. The molecule has 0 aliphatic carbocycles. The fourth-order valence-corrected chi connectivity index (χ4v) is 2.60. The third-order valence-corrected chi connectivity index (χ3v) is 3.69. The summed E-state index contributed by atoms with van der Waals surface area (Å²) in [5, 5.41) is 1.42. The van der Waals surface area contributed by atoms with Crippen molar-refractivity contribution in [1.82, 2.24) is 0 Å². The van der Waals surface area contributed by atoms with E-state index >= 15 is 0 Å². The lowest BCUT2D eigenvalue weighted by Gasteiger charge is -2.24. The van der Waals surface area contributed by atoms with Crippen LogP contribution in [0.2, 0.25) is 0 Å². The normalized spacial score (nSPS) is 16.0. The first-order chi connectivity index (χ1) is 11.3. The third kappa shape index (κ3) is 2.75. The largest absolute Gasteiger partial charge is 0.467 e. The van der Waals surface area contributed by atoms with Crippen molar-refractivity contribution in [2.45, 2.75) is 12.6 Å². The third-order valence-electron chi connectivity index (χ3n) is 3.69. The molecule has 0 amide bonds. The van der Waals surface area contributed by atoms with Crippen LogP contribution in [0.15, 0.2) is 54.6 Å². The van der Waals surface area contributed by atoms with Gasteiger partial charge in [0.05, 0.1) is 25.0 Å². The number of carbonyl (C=O) groups excluding carboxylic acids is 2. The van der Waals surface area contributed by atoms with Crippen LogP contribution in [0.5, 0.6) is 0 Å². The fourth-order valence-electron chi connectivity index (χ4n) is 2.60. The summed E-state index contributed by atoms with van der Waals surface area (Å²) in [6.07, 6.45) is 0. The van der Waals surface area contributed by atoms with E-state index in [1.807, 2.05) is 42.3 Å². The number of hydrogen-bond acceptors (Lipinski definition) is 5. The van der Waals surface area contributed by atoms with E-state index in [1.54, 1.807) is 18.2 Å². The summed E-state index contributed by atoms with van der Waals surface area (Å²) in [7, 11) is 1.28. The zero-order valence-corrected chi connectivity index (χ0v) is 12.6. The number of para-hydroxylation sites is 1. The topological polar surface area (TPSA) is 55.8 Å². The van der Waals surface area contributed by atoms with Crippen LogP contribution >= 0.6 is 0 Å². The molecule has 0 fully saturated rings. The molecule has 0 saturated carbocycles. The molecule has 0 aromatic heterocycles. The van der Waals surface area contributed by atoms with E-state index in [2.05, 4.69) is 0 Å². The smallest absolute Gasteiger partial charge is 0.336 e. The van der Waals surface area contributed by atoms with Gasteiger partial charge in [0.1, 0.15) is 5.94 Å². The molecule has 1 unspecified atom stereocenters. The Morgan fingerprint density at radius 3 is 2.52 bits per heavy atom. The summed E-state index contributed by atoms with van der Waals surface area (Å²) < 4.78 is 4.82. The average Bonchev–Trinajstić information content (AvgIpc) is 2.93. The highest BCUT2D eigenvalue weighted by molar-refractivity contribution is 6.09. The van der Waals surface area contributed by atoms with Gasteiger partial charge in [-0.15, -0.1) is 0 Å². The Labute approximate surface area is 133 Å². The van der Waals surface area contributed by atoms with Gasteiger partial charge in [0, 0.05) is 5.56 Å². The van der Waals surface area contributed by atoms with Crippen molar-refractivity contribution in [3.05, 3.63) is 65.7 Å². The van der Waals surface area contributed by atoms with E-state index < -0.39 is 12.0 Å². The number of ether oxygens (including phenoxy) is 1. The quantitative estimate of drug-likeness (QED) is 0.641. The van der Waals surface area contributed by atoms with Crippen LogP contribution in [0, 0.1) is 0 Å². The summed E-state index contributed by atoms with van der Waals surface area (Å²) in [4.78, 5) is 29.3. The molecule has 116 valence electrons. The van der Waals surface area contributed by atoms with Crippen molar-refractivity contribution in [1.29, 1.82) is 0 Å². The Morgan fingerprint density at radius 2 is 1.83 bits per heavy atom. The summed E-state index contributed by atoms with van der Waals surface area (Å²) in [6, 6.07) is 15.8. The number of fused-ring (bicyclic) bond motifs is 1. The van der Waals surface area contributed by atoms with Crippen LogP contribution in [0.4, 0.5) is 5.69 Å². The zero-order chi connectivity index (χ0) is 16.2. The molecule has 0 N–H and O–H groups in total. The minimum Gasteiger partial charge on any atom is -0.467 e. The Kier molecular flexibility index (Phi) is 4.24. The van der Waals surface area contributed by atoms with Crippen LogP contribution in [0.1, 0.15) is 11.1 Å². The second-order valence-corrected chi connectivity index (χ2v) is 5.04. The van der Waals surface area contributed by atoms with Crippen molar-refractivity contribution >= 4 is 23.2 Å². The Balaban J connectivity index is 1.94. The number of nitrogens with zero attached hydrogens (tertiary/aromatic N) is 1. The number of methoxy groups -OCH3 is 1. The Morgan fingerprint density at radius 1 is 1.13 bits per heavy atom. The van der Waals surface area contributed by atoms with E-state index in [4.69, 9.17) is 9.57 Å². The predicted molar refractivity (Wildman–Crippen MR) is 85.1 cm³/mol. The minimum atomic E-state index is -0.946. The second-order valence-electron chi connectivity index (χ2n) is 5.04. The van der Waals surface area contributed by atoms with Crippen LogP contribution in [0.25, 0.3) is 5.57 Å². The van der Waals surface area contributed by atoms with Gasteiger partial charge in [-0.25, -0.2) is 14.7 Å². The summed E-state index contributed by atoms with van der Waals surface area (Å²) in [5.74, 6) is 1.30. The van der Waals surface area contributed by atoms with Crippen LogP contribution in [-0.4, -0.2) is 25.1 Å². The summed E-state index contributed by atoms with van der Waals surface area (Å²) in [6.45, 7) is 0.273. The van der Waals surface area contributed by atoms with Crippen molar-refractivity contribution in [3.8, 4) is 0 Å². The number of anilines is 1. The number of hydroxylamine groups is 1. The summed E-state index contributed by atoms with van der Waals surface area (Å²) >= 11 is 0. The van der Waals surface area contributed by atoms with Gasteiger partial charge in [0.25, 0.3) is 0 Å². The molecule has 0 saturated heterocycles. The van der Waals surface area contributed by atoms with E-state index in [1.165, 1.54) is 12.2 Å². The molecular formula is C18H15NO4. The minimum absolute atomic E-state index is 0.223. The molecule has 2 aromatic carbocycles. The fraction of sp³-hybridized carbons (Fsp3) is 0.167. The zero-order valence-electron chi connectivity index (χ0n) is 12.6. The van der Waals surface area contributed by atoms with Crippen molar-refractivity contribution in [3.63, 3.8) is 0 Å². The van der Waals surface area contributed by atoms with E-state index in [-0.39, 0.29) is 12.2 Å². The van der Waals surface area contributed by atoms with Gasteiger partial charge >= 0.3 is 5.97 Å². The van der Waals surface area contributed by atoms with Crippen molar-refractivity contribution < 1.29 is 19.2 Å². The number of hydrogen-bond donors (Lipinski definition) is 0. The maximum atomic E-state index is 12.1. The lowest BCUT2D eigenvalue weighted by atomic mass is 10.0. The Hall–Kier alpha value is -2.88. The van der Waals surface area contributed by atoms with Gasteiger partial charge in [0.15, 0.2) is 6.04 Å². The van der Waals surface area contributed by atoms with E-state index in [0.29, 0.717) is 11.3 Å². The van der Waals surface area contributed by atoms with Gasteiger partial charge in [-0.3, -0.25) is 4.84 Å².